The molecular formula is C16H19ClN2O. The summed E-state index contributed by atoms with van der Waals surface area (Å²) in [6.45, 7) is 8.60. The fourth-order valence-corrected chi connectivity index (χ4v) is 1.93. The van der Waals surface area contributed by atoms with Gasteiger partial charge in [0.05, 0.1) is 5.88 Å². The van der Waals surface area contributed by atoms with Gasteiger partial charge in [0.25, 0.3) is 0 Å². The second kappa shape index (κ2) is 5.80. The van der Waals surface area contributed by atoms with Crippen molar-refractivity contribution in [2.75, 3.05) is 0 Å². The van der Waals surface area contributed by atoms with Crippen LogP contribution in [-0.4, -0.2) is 9.97 Å². The molecule has 0 spiro atoms. The molecule has 0 saturated carbocycles. The van der Waals surface area contributed by atoms with Gasteiger partial charge in [-0.15, -0.1) is 11.6 Å². The van der Waals surface area contributed by atoms with Crippen LogP contribution >= 0.6 is 11.6 Å². The average Bonchev–Trinajstić information content (AvgIpc) is 2.41. The van der Waals surface area contributed by atoms with Crippen LogP contribution in [0.5, 0.6) is 11.8 Å². The van der Waals surface area contributed by atoms with Gasteiger partial charge in [0.1, 0.15) is 5.75 Å². The average molecular weight is 291 g/mol. The van der Waals surface area contributed by atoms with E-state index in [0.29, 0.717) is 11.9 Å². The maximum atomic E-state index is 5.71. The molecule has 0 bridgehead atoms. The van der Waals surface area contributed by atoms with Gasteiger partial charge in [0, 0.05) is 18.0 Å². The molecule has 2 rings (SSSR count). The van der Waals surface area contributed by atoms with Crippen LogP contribution in [0.1, 0.15) is 37.5 Å². The summed E-state index contributed by atoms with van der Waals surface area (Å²) in [7, 11) is 0. The molecule has 0 unspecified atom stereocenters. The third-order valence-corrected chi connectivity index (χ3v) is 3.39. The lowest BCUT2D eigenvalue weighted by Gasteiger charge is -2.20. The number of rotatable bonds is 3. The molecule has 20 heavy (non-hydrogen) atoms. The van der Waals surface area contributed by atoms with Crippen molar-refractivity contribution in [3.63, 3.8) is 0 Å². The van der Waals surface area contributed by atoms with Gasteiger partial charge in [-0.1, -0.05) is 32.9 Å². The molecule has 1 heterocycles. The van der Waals surface area contributed by atoms with E-state index >= 15 is 0 Å². The summed E-state index contributed by atoms with van der Waals surface area (Å²) >= 11 is 5.70. The van der Waals surface area contributed by atoms with Crippen molar-refractivity contribution in [3.05, 3.63) is 47.3 Å². The summed E-state index contributed by atoms with van der Waals surface area (Å²) in [6.07, 6.45) is 3.35. The first-order chi connectivity index (χ1) is 9.40. The predicted molar refractivity (Wildman–Crippen MR) is 81.5 cm³/mol. The normalized spacial score (nSPS) is 11.4. The summed E-state index contributed by atoms with van der Waals surface area (Å²) in [5, 5.41) is 0. The fourth-order valence-electron chi connectivity index (χ4n) is 1.79. The highest BCUT2D eigenvalue weighted by molar-refractivity contribution is 6.17. The molecule has 0 amide bonds. The molecule has 0 aliphatic heterocycles. The number of hydrogen-bond donors (Lipinski definition) is 0. The van der Waals surface area contributed by atoms with Crippen molar-refractivity contribution in [1.82, 2.24) is 9.97 Å². The van der Waals surface area contributed by atoms with Crippen molar-refractivity contribution in [2.24, 2.45) is 0 Å². The Labute approximate surface area is 125 Å². The van der Waals surface area contributed by atoms with E-state index in [1.54, 1.807) is 12.4 Å². The third-order valence-electron chi connectivity index (χ3n) is 3.08. The van der Waals surface area contributed by atoms with Crippen LogP contribution in [0.15, 0.2) is 30.6 Å². The minimum Gasteiger partial charge on any atom is -0.424 e. The van der Waals surface area contributed by atoms with Gasteiger partial charge in [-0.05, 0) is 29.5 Å². The summed E-state index contributed by atoms with van der Waals surface area (Å²) in [6, 6.07) is 6.53. The number of aromatic nitrogens is 2. The first-order valence-electron chi connectivity index (χ1n) is 6.56. The van der Waals surface area contributed by atoms with E-state index in [1.165, 1.54) is 5.56 Å². The molecule has 2 aromatic rings. The Bertz CT molecular complexity index is 588. The highest BCUT2D eigenvalue weighted by Gasteiger charge is 2.15. The summed E-state index contributed by atoms with van der Waals surface area (Å²) in [5.74, 6) is 1.18. The maximum absolute atomic E-state index is 5.71. The molecule has 0 N–H and O–H groups in total. The first-order valence-corrected chi connectivity index (χ1v) is 7.09. The zero-order valence-corrected chi connectivity index (χ0v) is 13.0. The second-order valence-electron chi connectivity index (χ2n) is 5.84. The van der Waals surface area contributed by atoms with Gasteiger partial charge < -0.3 is 4.74 Å². The monoisotopic (exact) mass is 290 g/mol. The van der Waals surface area contributed by atoms with Gasteiger partial charge >= 0.3 is 6.01 Å². The molecule has 0 aliphatic carbocycles. The van der Waals surface area contributed by atoms with Crippen molar-refractivity contribution in [3.8, 4) is 11.8 Å². The Morgan fingerprint density at radius 2 is 1.80 bits per heavy atom. The van der Waals surface area contributed by atoms with Crippen molar-refractivity contribution in [1.29, 1.82) is 0 Å². The summed E-state index contributed by atoms with van der Waals surface area (Å²) in [4.78, 5) is 8.28. The van der Waals surface area contributed by atoms with Crippen LogP contribution in [0.3, 0.4) is 0 Å². The predicted octanol–water partition coefficient (Wildman–Crippen LogP) is 4.61. The lowest BCUT2D eigenvalue weighted by Crippen LogP contribution is -2.11. The topological polar surface area (TPSA) is 35.0 Å². The van der Waals surface area contributed by atoms with Gasteiger partial charge in [-0.25, -0.2) is 9.97 Å². The number of nitrogens with zero attached hydrogens (tertiary/aromatic N) is 2. The van der Waals surface area contributed by atoms with Crippen LogP contribution in [-0.2, 0) is 11.3 Å². The minimum absolute atomic E-state index is 0.127. The molecule has 1 aromatic heterocycles. The van der Waals surface area contributed by atoms with Crippen molar-refractivity contribution < 1.29 is 4.74 Å². The highest BCUT2D eigenvalue weighted by Crippen LogP contribution is 2.29. The lowest BCUT2D eigenvalue weighted by atomic mass is 9.86. The zero-order valence-electron chi connectivity index (χ0n) is 12.3. The van der Waals surface area contributed by atoms with Gasteiger partial charge in [-0.3, -0.25) is 0 Å². The van der Waals surface area contributed by atoms with E-state index in [0.717, 1.165) is 16.9 Å². The lowest BCUT2D eigenvalue weighted by molar-refractivity contribution is 0.437. The van der Waals surface area contributed by atoms with Crippen LogP contribution in [0.2, 0.25) is 0 Å². The van der Waals surface area contributed by atoms with E-state index < -0.39 is 0 Å². The quantitative estimate of drug-likeness (QED) is 0.774. The Kier molecular flexibility index (Phi) is 4.29. The number of ether oxygens (including phenoxy) is 1. The van der Waals surface area contributed by atoms with Gasteiger partial charge in [0.15, 0.2) is 0 Å². The molecule has 3 nitrogen and oxygen atoms in total. The van der Waals surface area contributed by atoms with Gasteiger partial charge in [-0.2, -0.15) is 0 Å². The highest BCUT2D eigenvalue weighted by atomic mass is 35.5. The fraction of sp³-hybridized carbons (Fsp3) is 0.375. The largest absolute Gasteiger partial charge is 0.424 e. The minimum atomic E-state index is 0.127. The number of halogens is 1. The number of alkyl halides is 1. The molecule has 0 fully saturated rings. The van der Waals surface area contributed by atoms with Crippen molar-refractivity contribution >= 4 is 11.6 Å². The molecule has 0 aliphatic rings. The molecule has 0 saturated heterocycles. The smallest absolute Gasteiger partial charge is 0.321 e. The standard InChI is InChI=1S/C16H19ClN2O/c1-11-7-13(16(2,3)4)5-6-14(11)20-15-18-9-12(8-17)10-19-15/h5-7,9-10H,8H2,1-4H3. The Balaban J connectivity index is 2.21. The van der Waals surface area contributed by atoms with Crippen LogP contribution < -0.4 is 4.74 Å². The van der Waals surface area contributed by atoms with E-state index in [1.807, 2.05) is 13.0 Å². The first kappa shape index (κ1) is 14.8. The maximum Gasteiger partial charge on any atom is 0.321 e. The molecule has 106 valence electrons. The SMILES string of the molecule is Cc1cc(C(C)(C)C)ccc1Oc1ncc(CCl)cn1. The van der Waals surface area contributed by atoms with Crippen LogP contribution in [0.25, 0.3) is 0 Å². The third kappa shape index (κ3) is 3.48. The number of hydrogen-bond acceptors (Lipinski definition) is 3. The molecule has 4 heteroatoms. The molecule has 1 aromatic carbocycles. The van der Waals surface area contributed by atoms with E-state index in [4.69, 9.17) is 16.3 Å². The Morgan fingerprint density at radius 1 is 1.15 bits per heavy atom. The van der Waals surface area contributed by atoms with E-state index in [-0.39, 0.29) is 5.41 Å². The van der Waals surface area contributed by atoms with Crippen LogP contribution in [0.4, 0.5) is 0 Å². The van der Waals surface area contributed by atoms with E-state index in [9.17, 15) is 0 Å². The van der Waals surface area contributed by atoms with Crippen molar-refractivity contribution in [2.45, 2.75) is 39.0 Å². The Morgan fingerprint density at radius 3 is 2.30 bits per heavy atom. The number of benzene rings is 1. The summed E-state index contributed by atoms with van der Waals surface area (Å²) in [5.41, 5.74) is 3.35. The van der Waals surface area contributed by atoms with Crippen LogP contribution in [0, 0.1) is 6.92 Å². The zero-order chi connectivity index (χ0) is 14.8. The molecule has 0 radical (unpaired) electrons. The van der Waals surface area contributed by atoms with E-state index in [2.05, 4.69) is 42.9 Å². The number of aryl methyl sites for hydroxylation is 1. The molecular weight excluding hydrogens is 272 g/mol. The Hall–Kier alpha value is -1.61. The molecule has 0 atom stereocenters. The summed E-state index contributed by atoms with van der Waals surface area (Å²) < 4.78 is 5.71. The second-order valence-corrected chi connectivity index (χ2v) is 6.11. The van der Waals surface area contributed by atoms with Gasteiger partial charge in [0.2, 0.25) is 0 Å².